The van der Waals surface area contributed by atoms with E-state index in [1.165, 1.54) is 0 Å². The Labute approximate surface area is 117 Å². The van der Waals surface area contributed by atoms with E-state index in [0.717, 1.165) is 44.9 Å². The molecule has 112 valence electrons. The van der Waals surface area contributed by atoms with Crippen LogP contribution in [0.3, 0.4) is 0 Å². The number of hydrogen-bond donors (Lipinski definition) is 3. The Morgan fingerprint density at radius 3 is 2.63 bits per heavy atom. The molecule has 2 unspecified atom stereocenters. The molecule has 4 heteroatoms. The number of carbonyl (C=O) groups is 1. The fraction of sp³-hybridized carbons (Fsp3) is 0.933. The minimum Gasteiger partial charge on any atom is -0.391 e. The van der Waals surface area contributed by atoms with E-state index in [-0.39, 0.29) is 23.5 Å². The van der Waals surface area contributed by atoms with Crippen molar-refractivity contribution in [3.63, 3.8) is 0 Å². The van der Waals surface area contributed by atoms with Gasteiger partial charge in [-0.25, -0.2) is 0 Å². The molecule has 0 aromatic rings. The van der Waals surface area contributed by atoms with Gasteiger partial charge in [0.2, 0.25) is 5.91 Å². The number of nitrogens with two attached hydrogens (primary N) is 1. The molecule has 0 bridgehead atoms. The maximum Gasteiger partial charge on any atom is 0.220 e. The lowest BCUT2D eigenvalue weighted by Crippen LogP contribution is -2.42. The first-order chi connectivity index (χ1) is 8.94. The normalized spacial score (nSPS) is 24.8. The largest absolute Gasteiger partial charge is 0.391 e. The van der Waals surface area contributed by atoms with Gasteiger partial charge in [0, 0.05) is 6.42 Å². The van der Waals surface area contributed by atoms with Gasteiger partial charge in [0.15, 0.2) is 0 Å². The molecule has 4 N–H and O–H groups in total. The van der Waals surface area contributed by atoms with Crippen molar-refractivity contribution in [3.05, 3.63) is 0 Å². The highest BCUT2D eigenvalue weighted by Gasteiger charge is 2.24. The van der Waals surface area contributed by atoms with Crippen LogP contribution in [-0.4, -0.2) is 29.7 Å². The number of carbonyl (C=O) groups excluding carboxylic acids is 1. The molecular weight excluding hydrogens is 240 g/mol. The van der Waals surface area contributed by atoms with Crippen molar-refractivity contribution < 1.29 is 9.90 Å². The van der Waals surface area contributed by atoms with Gasteiger partial charge in [0.25, 0.3) is 0 Å². The van der Waals surface area contributed by atoms with Crippen molar-refractivity contribution in [3.8, 4) is 0 Å². The Kier molecular flexibility index (Phi) is 6.80. The van der Waals surface area contributed by atoms with Crippen molar-refractivity contribution in [2.24, 2.45) is 11.1 Å². The molecule has 0 aliphatic heterocycles. The summed E-state index contributed by atoms with van der Waals surface area (Å²) in [6, 6.07) is -0.0485. The van der Waals surface area contributed by atoms with Crippen LogP contribution in [0.1, 0.15) is 65.2 Å². The van der Waals surface area contributed by atoms with Gasteiger partial charge in [0.05, 0.1) is 12.1 Å². The van der Waals surface area contributed by atoms with Gasteiger partial charge in [-0.1, -0.05) is 33.1 Å². The van der Waals surface area contributed by atoms with Gasteiger partial charge < -0.3 is 16.2 Å². The molecule has 1 aliphatic carbocycles. The van der Waals surface area contributed by atoms with E-state index in [2.05, 4.69) is 19.2 Å². The Hall–Kier alpha value is -0.610. The lowest BCUT2D eigenvalue weighted by molar-refractivity contribution is -0.123. The molecule has 1 fully saturated rings. The summed E-state index contributed by atoms with van der Waals surface area (Å²) in [5.41, 5.74) is 5.69. The zero-order valence-electron chi connectivity index (χ0n) is 12.5. The zero-order chi connectivity index (χ0) is 14.3. The predicted octanol–water partition coefficient (Wildman–Crippen LogP) is 1.95. The summed E-state index contributed by atoms with van der Waals surface area (Å²) in [7, 11) is 0. The molecule has 4 nitrogen and oxygen atoms in total. The fourth-order valence-electron chi connectivity index (χ4n) is 2.70. The summed E-state index contributed by atoms with van der Waals surface area (Å²) >= 11 is 0. The summed E-state index contributed by atoms with van der Waals surface area (Å²) < 4.78 is 0. The van der Waals surface area contributed by atoms with E-state index >= 15 is 0 Å². The van der Waals surface area contributed by atoms with E-state index in [0.29, 0.717) is 13.0 Å². The second-order valence-corrected chi connectivity index (χ2v) is 6.58. The van der Waals surface area contributed by atoms with Gasteiger partial charge >= 0.3 is 0 Å². The molecule has 0 spiro atoms. The number of amides is 1. The Morgan fingerprint density at radius 2 is 1.95 bits per heavy atom. The topological polar surface area (TPSA) is 75.4 Å². The molecule has 0 saturated heterocycles. The predicted molar refractivity (Wildman–Crippen MR) is 77.7 cm³/mol. The molecule has 1 amide bonds. The van der Waals surface area contributed by atoms with Crippen LogP contribution in [0.4, 0.5) is 0 Å². The third-order valence-electron chi connectivity index (χ3n) is 4.18. The standard InChI is InChI=1S/C15H30N2O2/c1-15(2,10-11-16)9-8-14(19)17-12-6-4-3-5-7-13(12)18/h12-13,18H,3-11,16H2,1-2H3,(H,17,19). The van der Waals surface area contributed by atoms with Crippen LogP contribution in [0.15, 0.2) is 0 Å². The Balaban J connectivity index is 2.33. The highest BCUT2D eigenvalue weighted by atomic mass is 16.3. The smallest absolute Gasteiger partial charge is 0.220 e. The summed E-state index contributed by atoms with van der Waals surface area (Å²) in [4.78, 5) is 12.0. The Bertz CT molecular complexity index is 279. The monoisotopic (exact) mass is 270 g/mol. The molecule has 1 rings (SSSR count). The first-order valence-corrected chi connectivity index (χ1v) is 7.62. The lowest BCUT2D eigenvalue weighted by atomic mass is 9.84. The minimum absolute atomic E-state index is 0.0485. The highest BCUT2D eigenvalue weighted by Crippen LogP contribution is 2.26. The van der Waals surface area contributed by atoms with E-state index in [1.54, 1.807) is 0 Å². The number of aliphatic hydroxyl groups excluding tert-OH is 1. The third-order valence-corrected chi connectivity index (χ3v) is 4.18. The van der Waals surface area contributed by atoms with Crippen LogP contribution in [0.5, 0.6) is 0 Å². The van der Waals surface area contributed by atoms with Crippen molar-refractivity contribution >= 4 is 5.91 Å². The van der Waals surface area contributed by atoms with Crippen molar-refractivity contribution in [2.75, 3.05) is 6.54 Å². The molecule has 0 heterocycles. The third kappa shape index (κ3) is 6.39. The number of hydrogen-bond acceptors (Lipinski definition) is 3. The minimum atomic E-state index is -0.372. The first kappa shape index (κ1) is 16.4. The Morgan fingerprint density at radius 1 is 1.26 bits per heavy atom. The molecule has 0 radical (unpaired) electrons. The second-order valence-electron chi connectivity index (χ2n) is 6.58. The lowest BCUT2D eigenvalue weighted by Gasteiger charge is -2.25. The number of aliphatic hydroxyl groups is 1. The summed E-state index contributed by atoms with van der Waals surface area (Å²) in [5, 5.41) is 13.0. The molecule has 0 aromatic carbocycles. The van der Waals surface area contributed by atoms with E-state index in [9.17, 15) is 9.90 Å². The van der Waals surface area contributed by atoms with E-state index in [4.69, 9.17) is 5.73 Å². The van der Waals surface area contributed by atoms with Gasteiger partial charge in [-0.3, -0.25) is 4.79 Å². The van der Waals surface area contributed by atoms with Crippen LogP contribution < -0.4 is 11.1 Å². The average Bonchev–Trinajstić information content (AvgIpc) is 2.53. The van der Waals surface area contributed by atoms with E-state index < -0.39 is 0 Å². The zero-order valence-corrected chi connectivity index (χ0v) is 12.5. The second kappa shape index (κ2) is 7.85. The quantitative estimate of drug-likeness (QED) is 0.646. The van der Waals surface area contributed by atoms with Gasteiger partial charge in [-0.2, -0.15) is 0 Å². The van der Waals surface area contributed by atoms with Crippen molar-refractivity contribution in [2.45, 2.75) is 77.4 Å². The van der Waals surface area contributed by atoms with Crippen molar-refractivity contribution in [1.29, 1.82) is 0 Å². The number of rotatable bonds is 6. The molecule has 1 saturated carbocycles. The van der Waals surface area contributed by atoms with Crippen LogP contribution >= 0.6 is 0 Å². The first-order valence-electron chi connectivity index (χ1n) is 7.62. The molecule has 0 aromatic heterocycles. The van der Waals surface area contributed by atoms with Gasteiger partial charge in [0.1, 0.15) is 0 Å². The molecular formula is C15H30N2O2. The summed E-state index contributed by atoms with van der Waals surface area (Å²) in [5.74, 6) is 0.0658. The van der Waals surface area contributed by atoms with E-state index in [1.807, 2.05) is 0 Å². The van der Waals surface area contributed by atoms with Crippen LogP contribution in [0.25, 0.3) is 0 Å². The maximum absolute atomic E-state index is 12.0. The summed E-state index contributed by atoms with van der Waals surface area (Å²) in [6.07, 6.45) is 6.97. The SMILES string of the molecule is CC(C)(CCN)CCC(=O)NC1CCCCCC1O. The van der Waals surface area contributed by atoms with Gasteiger partial charge in [-0.05, 0) is 37.6 Å². The van der Waals surface area contributed by atoms with Crippen LogP contribution in [0, 0.1) is 5.41 Å². The van der Waals surface area contributed by atoms with Crippen molar-refractivity contribution in [1.82, 2.24) is 5.32 Å². The van der Waals surface area contributed by atoms with Crippen LogP contribution in [-0.2, 0) is 4.79 Å². The molecule has 2 atom stereocenters. The van der Waals surface area contributed by atoms with Gasteiger partial charge in [-0.15, -0.1) is 0 Å². The highest BCUT2D eigenvalue weighted by molar-refractivity contribution is 5.76. The molecule has 1 aliphatic rings. The maximum atomic E-state index is 12.0. The number of nitrogens with one attached hydrogen (secondary N) is 1. The fourth-order valence-corrected chi connectivity index (χ4v) is 2.70. The molecule has 19 heavy (non-hydrogen) atoms. The van der Waals surface area contributed by atoms with Crippen LogP contribution in [0.2, 0.25) is 0 Å². The summed E-state index contributed by atoms with van der Waals surface area (Å²) in [6.45, 7) is 4.96. The average molecular weight is 270 g/mol.